The maximum Gasteiger partial charge on any atom is 0.313 e. The van der Waals surface area contributed by atoms with Crippen molar-refractivity contribution in [3.63, 3.8) is 0 Å². The third-order valence-corrected chi connectivity index (χ3v) is 2.10. The van der Waals surface area contributed by atoms with Crippen molar-refractivity contribution >= 4 is 34.7 Å². The zero-order chi connectivity index (χ0) is 13.5. The third-order valence-electron chi connectivity index (χ3n) is 1.96. The molecule has 4 N–H and O–H groups in total. The van der Waals surface area contributed by atoms with E-state index in [0.717, 1.165) is 0 Å². The van der Waals surface area contributed by atoms with Crippen molar-refractivity contribution in [1.29, 1.82) is 0 Å². The van der Waals surface area contributed by atoms with Crippen LogP contribution in [-0.2, 0) is 9.59 Å². The summed E-state index contributed by atoms with van der Waals surface area (Å²) in [6.45, 7) is -0.0142. The van der Waals surface area contributed by atoms with Crippen LogP contribution in [0.2, 0.25) is 0 Å². The third kappa shape index (κ3) is 4.38. The molecule has 0 atom stereocenters. The predicted molar refractivity (Wildman–Crippen MR) is 71.4 cm³/mol. The molecular formula is C11H13N3O3S. The Hall–Kier alpha value is -2.15. The summed E-state index contributed by atoms with van der Waals surface area (Å²) in [5, 5.41) is 4.71. The van der Waals surface area contributed by atoms with Gasteiger partial charge in [-0.2, -0.15) is 0 Å². The molecule has 1 rings (SSSR count). The summed E-state index contributed by atoms with van der Waals surface area (Å²) < 4.78 is 4.99. The van der Waals surface area contributed by atoms with E-state index in [-0.39, 0.29) is 11.5 Å². The Morgan fingerprint density at radius 1 is 1.39 bits per heavy atom. The van der Waals surface area contributed by atoms with E-state index in [2.05, 4.69) is 22.9 Å². The average molecular weight is 267 g/mol. The highest BCUT2D eigenvalue weighted by atomic mass is 32.1. The zero-order valence-corrected chi connectivity index (χ0v) is 10.5. The fourth-order valence-corrected chi connectivity index (χ4v) is 1.21. The standard InChI is InChI=1S/C11H13N3O3S/c1-17-8-4-2-3-7(5-8)14-11(16)10(15)13-6-9(12)18/h2-5H,6H2,1H3,(H2,12,18)(H,13,15)(H,14,16). The van der Waals surface area contributed by atoms with E-state index < -0.39 is 11.8 Å². The first kappa shape index (κ1) is 13.9. The molecule has 1 aromatic carbocycles. The first-order valence-electron chi connectivity index (χ1n) is 5.04. The van der Waals surface area contributed by atoms with Crippen LogP contribution in [0.4, 0.5) is 5.69 Å². The summed E-state index contributed by atoms with van der Waals surface area (Å²) in [7, 11) is 1.51. The maximum atomic E-state index is 11.5. The number of carbonyl (C=O) groups is 2. The SMILES string of the molecule is COc1cccc(NC(=O)C(=O)NCC(N)=S)c1. The zero-order valence-electron chi connectivity index (χ0n) is 9.73. The second-order valence-corrected chi connectivity index (χ2v) is 3.86. The van der Waals surface area contributed by atoms with Crippen molar-refractivity contribution in [1.82, 2.24) is 5.32 Å². The van der Waals surface area contributed by atoms with E-state index in [4.69, 9.17) is 10.5 Å². The molecule has 0 aliphatic rings. The molecule has 0 aromatic heterocycles. The van der Waals surface area contributed by atoms with Crippen molar-refractivity contribution in [2.45, 2.75) is 0 Å². The number of nitrogens with two attached hydrogens (primary N) is 1. The lowest BCUT2D eigenvalue weighted by Crippen LogP contribution is -2.39. The van der Waals surface area contributed by atoms with Crippen LogP contribution in [0, 0.1) is 0 Å². The number of nitrogens with one attached hydrogen (secondary N) is 2. The molecule has 1 aromatic rings. The lowest BCUT2D eigenvalue weighted by atomic mass is 10.3. The van der Waals surface area contributed by atoms with Crippen molar-refractivity contribution < 1.29 is 14.3 Å². The molecule has 0 radical (unpaired) electrons. The highest BCUT2D eigenvalue weighted by Gasteiger charge is 2.13. The normalized spacial score (nSPS) is 9.39. The van der Waals surface area contributed by atoms with Gasteiger partial charge in [0.1, 0.15) is 5.75 Å². The van der Waals surface area contributed by atoms with Gasteiger partial charge in [0.15, 0.2) is 0 Å². The van der Waals surface area contributed by atoms with Gasteiger partial charge in [-0.3, -0.25) is 9.59 Å². The molecule has 18 heavy (non-hydrogen) atoms. The first-order valence-corrected chi connectivity index (χ1v) is 5.45. The van der Waals surface area contributed by atoms with Gasteiger partial charge >= 0.3 is 11.8 Å². The lowest BCUT2D eigenvalue weighted by molar-refractivity contribution is -0.135. The van der Waals surface area contributed by atoms with Crippen LogP contribution in [0.5, 0.6) is 5.75 Å². The maximum absolute atomic E-state index is 11.5. The van der Waals surface area contributed by atoms with Gasteiger partial charge in [0.25, 0.3) is 0 Å². The van der Waals surface area contributed by atoms with Crippen molar-refractivity contribution in [3.8, 4) is 5.75 Å². The highest BCUT2D eigenvalue weighted by Crippen LogP contribution is 2.16. The number of anilines is 1. The molecule has 0 bridgehead atoms. The number of thiocarbonyl (C=S) groups is 1. The molecule has 0 saturated heterocycles. The minimum atomic E-state index is -0.800. The summed E-state index contributed by atoms with van der Waals surface area (Å²) in [4.78, 5) is 22.9. The topological polar surface area (TPSA) is 93.4 Å². The van der Waals surface area contributed by atoms with E-state index in [0.29, 0.717) is 11.4 Å². The van der Waals surface area contributed by atoms with Crippen LogP contribution < -0.4 is 21.1 Å². The molecule has 0 heterocycles. The highest BCUT2D eigenvalue weighted by molar-refractivity contribution is 7.80. The lowest BCUT2D eigenvalue weighted by Gasteiger charge is -2.07. The van der Waals surface area contributed by atoms with Gasteiger partial charge in [0.05, 0.1) is 18.6 Å². The molecule has 0 spiro atoms. The number of benzene rings is 1. The van der Waals surface area contributed by atoms with Gasteiger partial charge in [-0.05, 0) is 12.1 Å². The Morgan fingerprint density at radius 2 is 2.11 bits per heavy atom. The first-order chi connectivity index (χ1) is 8.52. The second-order valence-electron chi connectivity index (χ2n) is 3.34. The minimum absolute atomic E-state index is 0.0142. The summed E-state index contributed by atoms with van der Waals surface area (Å²) in [6.07, 6.45) is 0. The fraction of sp³-hybridized carbons (Fsp3) is 0.182. The van der Waals surface area contributed by atoms with Gasteiger partial charge in [-0.1, -0.05) is 18.3 Å². The van der Waals surface area contributed by atoms with Gasteiger partial charge in [-0.25, -0.2) is 0 Å². The predicted octanol–water partition coefficient (Wildman–Crippen LogP) is 0.0360. The van der Waals surface area contributed by atoms with E-state index in [1.807, 2.05) is 0 Å². The summed E-state index contributed by atoms with van der Waals surface area (Å²) >= 11 is 4.58. The quantitative estimate of drug-likeness (QED) is 0.529. The molecule has 6 nitrogen and oxygen atoms in total. The van der Waals surface area contributed by atoms with E-state index >= 15 is 0 Å². The summed E-state index contributed by atoms with van der Waals surface area (Å²) in [5.74, 6) is -1.01. The number of hydrogen-bond acceptors (Lipinski definition) is 4. The Morgan fingerprint density at radius 3 is 2.72 bits per heavy atom. The number of methoxy groups -OCH3 is 1. The monoisotopic (exact) mass is 267 g/mol. The molecule has 0 aliphatic heterocycles. The molecule has 0 saturated carbocycles. The van der Waals surface area contributed by atoms with Crippen molar-refractivity contribution in [2.75, 3.05) is 19.0 Å². The van der Waals surface area contributed by atoms with E-state index in [1.165, 1.54) is 7.11 Å². The molecule has 0 fully saturated rings. The van der Waals surface area contributed by atoms with Crippen LogP contribution in [0.3, 0.4) is 0 Å². The van der Waals surface area contributed by atoms with Gasteiger partial charge in [0, 0.05) is 11.8 Å². The molecule has 0 unspecified atom stereocenters. The Labute approximate surface area is 109 Å². The Kier molecular flexibility index (Phi) is 5.06. The molecule has 96 valence electrons. The number of rotatable bonds is 4. The number of carbonyl (C=O) groups excluding carboxylic acids is 2. The molecular weight excluding hydrogens is 254 g/mol. The van der Waals surface area contributed by atoms with Crippen LogP contribution in [0.25, 0.3) is 0 Å². The Bertz CT molecular complexity index is 476. The van der Waals surface area contributed by atoms with Gasteiger partial charge < -0.3 is 21.1 Å². The smallest absolute Gasteiger partial charge is 0.313 e. The fourth-order valence-electron chi connectivity index (χ4n) is 1.14. The van der Waals surface area contributed by atoms with Gasteiger partial charge in [-0.15, -0.1) is 0 Å². The second kappa shape index (κ2) is 6.55. The number of ether oxygens (including phenoxy) is 1. The molecule has 0 aliphatic carbocycles. The summed E-state index contributed by atoms with van der Waals surface area (Å²) in [6, 6.07) is 6.66. The van der Waals surface area contributed by atoms with Crippen LogP contribution in [0.1, 0.15) is 0 Å². The van der Waals surface area contributed by atoms with Crippen molar-refractivity contribution in [2.24, 2.45) is 5.73 Å². The largest absolute Gasteiger partial charge is 0.497 e. The average Bonchev–Trinajstić information content (AvgIpc) is 2.36. The molecule has 2 amide bonds. The minimum Gasteiger partial charge on any atom is -0.497 e. The van der Waals surface area contributed by atoms with E-state index in [1.54, 1.807) is 24.3 Å². The summed E-state index contributed by atoms with van der Waals surface area (Å²) in [5.41, 5.74) is 5.66. The van der Waals surface area contributed by atoms with Crippen LogP contribution in [0.15, 0.2) is 24.3 Å². The van der Waals surface area contributed by atoms with Crippen LogP contribution in [-0.4, -0.2) is 30.5 Å². The van der Waals surface area contributed by atoms with Crippen molar-refractivity contribution in [3.05, 3.63) is 24.3 Å². The molecule has 7 heteroatoms. The van der Waals surface area contributed by atoms with Crippen LogP contribution >= 0.6 is 12.2 Å². The number of amides is 2. The number of hydrogen-bond donors (Lipinski definition) is 3. The van der Waals surface area contributed by atoms with E-state index in [9.17, 15) is 9.59 Å². The Balaban J connectivity index is 2.58. The van der Waals surface area contributed by atoms with Gasteiger partial charge in [0.2, 0.25) is 0 Å².